The molecule has 0 amide bonds. The maximum atomic E-state index is 5.59. The van der Waals surface area contributed by atoms with Crippen LogP contribution in [-0.4, -0.2) is 16.1 Å². The van der Waals surface area contributed by atoms with Crippen LogP contribution in [-0.2, 0) is 13.0 Å². The quantitative estimate of drug-likeness (QED) is 0.831. The van der Waals surface area contributed by atoms with Crippen molar-refractivity contribution in [2.24, 2.45) is 0 Å². The highest BCUT2D eigenvalue weighted by Gasteiger charge is 2.04. The monoisotopic (exact) mass is 251 g/mol. The van der Waals surface area contributed by atoms with Crippen molar-refractivity contribution in [3.63, 3.8) is 0 Å². The van der Waals surface area contributed by atoms with Crippen LogP contribution in [0.5, 0.6) is 0 Å². The molecule has 0 aliphatic heterocycles. The first-order valence-corrected chi connectivity index (χ1v) is 5.99. The summed E-state index contributed by atoms with van der Waals surface area (Å²) in [4.78, 5) is 0. The Balaban J connectivity index is 1.93. The van der Waals surface area contributed by atoms with Crippen LogP contribution < -0.4 is 5.32 Å². The molecule has 1 heterocycles. The number of anilines is 1. The zero-order valence-corrected chi connectivity index (χ0v) is 10.4. The molecule has 0 fully saturated rings. The van der Waals surface area contributed by atoms with Crippen molar-refractivity contribution < 1.29 is 4.42 Å². The summed E-state index contributed by atoms with van der Waals surface area (Å²) in [5.41, 5.74) is 2.42. The van der Waals surface area contributed by atoms with Gasteiger partial charge < -0.3 is 9.73 Å². The Morgan fingerprint density at radius 3 is 3.00 bits per heavy atom. The van der Waals surface area contributed by atoms with Crippen molar-refractivity contribution in [2.45, 2.75) is 19.9 Å². The highest BCUT2D eigenvalue weighted by molar-refractivity contribution is 6.17. The maximum Gasteiger partial charge on any atom is 0.315 e. The number of hydrogen-bond acceptors (Lipinski definition) is 4. The summed E-state index contributed by atoms with van der Waals surface area (Å²) in [5.74, 6) is 1.05. The van der Waals surface area contributed by atoms with Gasteiger partial charge in [0.15, 0.2) is 0 Å². The van der Waals surface area contributed by atoms with Crippen molar-refractivity contribution in [1.29, 1.82) is 0 Å². The first-order valence-electron chi connectivity index (χ1n) is 5.45. The standard InChI is InChI=1S/C12H14ClN3O/c1-9-3-2-4-10(7-9)8-14-12-16-15-11(17-12)5-6-13/h2-4,7H,5-6,8H2,1H3,(H,14,16). The molecule has 5 heteroatoms. The Hall–Kier alpha value is -1.55. The van der Waals surface area contributed by atoms with Crippen LogP contribution in [0.2, 0.25) is 0 Å². The molecular weight excluding hydrogens is 238 g/mol. The lowest BCUT2D eigenvalue weighted by atomic mass is 10.1. The third-order valence-electron chi connectivity index (χ3n) is 2.30. The zero-order valence-electron chi connectivity index (χ0n) is 9.61. The number of aryl methyl sites for hydroxylation is 2. The lowest BCUT2D eigenvalue weighted by molar-refractivity contribution is 0.512. The Labute approximate surface area is 105 Å². The molecule has 4 nitrogen and oxygen atoms in total. The van der Waals surface area contributed by atoms with Crippen LogP contribution in [0.4, 0.5) is 6.01 Å². The van der Waals surface area contributed by atoms with Gasteiger partial charge in [-0.25, -0.2) is 0 Å². The fraction of sp³-hybridized carbons (Fsp3) is 0.333. The minimum Gasteiger partial charge on any atom is -0.408 e. The van der Waals surface area contributed by atoms with Crippen LogP contribution in [0.15, 0.2) is 28.7 Å². The second-order valence-corrected chi connectivity index (χ2v) is 4.16. The Bertz CT molecular complexity index is 484. The van der Waals surface area contributed by atoms with Gasteiger partial charge in [0.25, 0.3) is 0 Å². The summed E-state index contributed by atoms with van der Waals surface area (Å²) >= 11 is 5.59. The zero-order chi connectivity index (χ0) is 12.1. The molecule has 0 bridgehead atoms. The molecule has 0 radical (unpaired) electrons. The fourth-order valence-corrected chi connectivity index (χ4v) is 1.67. The van der Waals surface area contributed by atoms with Gasteiger partial charge in [-0.15, -0.1) is 16.7 Å². The average Bonchev–Trinajstić information content (AvgIpc) is 2.75. The summed E-state index contributed by atoms with van der Waals surface area (Å²) in [6.45, 7) is 2.74. The minimum absolute atomic E-state index is 0.437. The van der Waals surface area contributed by atoms with Crippen molar-refractivity contribution >= 4 is 17.6 Å². The smallest absolute Gasteiger partial charge is 0.315 e. The molecular formula is C12H14ClN3O. The molecule has 17 heavy (non-hydrogen) atoms. The van der Waals surface area contributed by atoms with E-state index in [9.17, 15) is 0 Å². The van der Waals surface area contributed by atoms with E-state index in [-0.39, 0.29) is 0 Å². The molecule has 0 saturated heterocycles. The second-order valence-electron chi connectivity index (χ2n) is 3.78. The molecule has 1 aromatic carbocycles. The van der Waals surface area contributed by atoms with E-state index in [1.165, 1.54) is 11.1 Å². The van der Waals surface area contributed by atoms with Gasteiger partial charge in [-0.05, 0) is 12.5 Å². The third kappa shape index (κ3) is 3.46. The molecule has 1 N–H and O–H groups in total. The van der Waals surface area contributed by atoms with E-state index in [1.807, 2.05) is 6.07 Å². The van der Waals surface area contributed by atoms with Crippen LogP contribution in [0.3, 0.4) is 0 Å². The molecule has 90 valence electrons. The van der Waals surface area contributed by atoms with Gasteiger partial charge in [0.2, 0.25) is 5.89 Å². The number of halogens is 1. The molecule has 0 spiro atoms. The van der Waals surface area contributed by atoms with Gasteiger partial charge in [-0.2, -0.15) is 0 Å². The van der Waals surface area contributed by atoms with E-state index < -0.39 is 0 Å². The van der Waals surface area contributed by atoms with Crippen LogP contribution in [0.1, 0.15) is 17.0 Å². The summed E-state index contributed by atoms with van der Waals surface area (Å²) in [7, 11) is 0. The molecule has 0 aliphatic carbocycles. The molecule has 2 rings (SSSR count). The topological polar surface area (TPSA) is 51.0 Å². The average molecular weight is 252 g/mol. The van der Waals surface area contributed by atoms with Gasteiger partial charge in [0.05, 0.1) is 0 Å². The number of rotatable bonds is 5. The van der Waals surface area contributed by atoms with E-state index in [0.717, 1.165) is 0 Å². The summed E-state index contributed by atoms with van der Waals surface area (Å²) in [6.07, 6.45) is 0.598. The lowest BCUT2D eigenvalue weighted by Crippen LogP contribution is -1.99. The predicted molar refractivity (Wildman–Crippen MR) is 67.2 cm³/mol. The molecule has 1 aromatic heterocycles. The summed E-state index contributed by atoms with van der Waals surface area (Å²) in [6, 6.07) is 8.69. The van der Waals surface area contributed by atoms with E-state index in [2.05, 4.69) is 40.6 Å². The first kappa shape index (κ1) is 11.9. The Morgan fingerprint density at radius 1 is 1.35 bits per heavy atom. The minimum atomic E-state index is 0.437. The normalized spacial score (nSPS) is 10.5. The Kier molecular flexibility index (Phi) is 3.98. The van der Waals surface area contributed by atoms with Gasteiger partial charge in [-0.1, -0.05) is 34.9 Å². The fourth-order valence-electron chi connectivity index (χ4n) is 1.51. The Morgan fingerprint density at radius 2 is 2.24 bits per heavy atom. The maximum absolute atomic E-state index is 5.59. The van der Waals surface area contributed by atoms with Crippen molar-refractivity contribution in [2.75, 3.05) is 11.2 Å². The van der Waals surface area contributed by atoms with Crippen LogP contribution in [0, 0.1) is 6.92 Å². The van der Waals surface area contributed by atoms with Gasteiger partial charge in [0, 0.05) is 18.8 Å². The number of nitrogens with zero attached hydrogens (tertiary/aromatic N) is 2. The van der Waals surface area contributed by atoms with Crippen molar-refractivity contribution in [3.8, 4) is 0 Å². The molecule has 2 aromatic rings. The van der Waals surface area contributed by atoms with Gasteiger partial charge in [-0.3, -0.25) is 0 Å². The predicted octanol–water partition coefficient (Wildman–Crippen LogP) is 2.77. The SMILES string of the molecule is Cc1cccc(CNc2nnc(CCCl)o2)c1. The third-order valence-corrected chi connectivity index (χ3v) is 2.49. The number of nitrogens with one attached hydrogen (secondary N) is 1. The number of aromatic nitrogens is 2. The number of alkyl halides is 1. The first-order chi connectivity index (χ1) is 8.28. The van der Waals surface area contributed by atoms with E-state index in [4.69, 9.17) is 16.0 Å². The largest absolute Gasteiger partial charge is 0.408 e. The molecule has 0 saturated carbocycles. The highest BCUT2D eigenvalue weighted by atomic mass is 35.5. The van der Waals surface area contributed by atoms with Crippen molar-refractivity contribution in [3.05, 3.63) is 41.3 Å². The van der Waals surface area contributed by atoms with Crippen molar-refractivity contribution in [1.82, 2.24) is 10.2 Å². The van der Waals surface area contributed by atoms with Gasteiger partial charge >= 0.3 is 6.01 Å². The second kappa shape index (κ2) is 5.68. The van der Waals surface area contributed by atoms with E-state index >= 15 is 0 Å². The van der Waals surface area contributed by atoms with Crippen LogP contribution >= 0.6 is 11.6 Å². The van der Waals surface area contributed by atoms with E-state index in [1.54, 1.807) is 0 Å². The molecule has 0 atom stereocenters. The summed E-state index contributed by atoms with van der Waals surface area (Å²) < 4.78 is 5.36. The van der Waals surface area contributed by atoms with Gasteiger partial charge in [0.1, 0.15) is 0 Å². The highest BCUT2D eigenvalue weighted by Crippen LogP contribution is 2.10. The number of hydrogen-bond donors (Lipinski definition) is 1. The van der Waals surface area contributed by atoms with Crippen LogP contribution in [0.25, 0.3) is 0 Å². The lowest BCUT2D eigenvalue weighted by Gasteiger charge is -2.02. The summed E-state index contributed by atoms with van der Waals surface area (Å²) in [5, 5.41) is 10.8. The van der Waals surface area contributed by atoms with E-state index in [0.29, 0.717) is 30.8 Å². The molecule has 0 aliphatic rings. The molecule has 0 unspecified atom stereocenters. The number of benzene rings is 1.